The minimum absolute atomic E-state index is 0.00724. The Hall–Kier alpha value is -1.83. The van der Waals surface area contributed by atoms with Crippen molar-refractivity contribution in [1.29, 1.82) is 0 Å². The van der Waals surface area contributed by atoms with Gasteiger partial charge in [0.25, 0.3) is 0 Å². The number of hydrogen-bond acceptors (Lipinski definition) is 4. The van der Waals surface area contributed by atoms with Crippen molar-refractivity contribution in [3.63, 3.8) is 0 Å². The molecular weight excluding hydrogens is 278 g/mol. The first kappa shape index (κ1) is 17.2. The van der Waals surface area contributed by atoms with E-state index in [2.05, 4.69) is 5.32 Å². The third-order valence-corrected chi connectivity index (χ3v) is 3.24. The summed E-state index contributed by atoms with van der Waals surface area (Å²) in [6.45, 7) is 4.90. The second-order valence-corrected chi connectivity index (χ2v) is 4.70. The number of carbonyl (C=O) groups excluding carboxylic acids is 2. The molecule has 8 heteroatoms. The predicted molar refractivity (Wildman–Crippen MR) is 74.9 cm³/mol. The van der Waals surface area contributed by atoms with Gasteiger partial charge in [-0.2, -0.15) is 0 Å². The van der Waals surface area contributed by atoms with Gasteiger partial charge in [0.15, 0.2) is 0 Å². The minimum Gasteiger partial charge on any atom is -0.481 e. The summed E-state index contributed by atoms with van der Waals surface area (Å²) in [5, 5.41) is 11.3. The molecule has 1 heterocycles. The molecule has 120 valence electrons. The van der Waals surface area contributed by atoms with E-state index in [1.54, 1.807) is 11.8 Å². The Kier molecular flexibility index (Phi) is 7.52. The van der Waals surface area contributed by atoms with Crippen molar-refractivity contribution < 1.29 is 24.2 Å². The zero-order valence-electron chi connectivity index (χ0n) is 12.3. The van der Waals surface area contributed by atoms with Gasteiger partial charge in [0.1, 0.15) is 0 Å². The fourth-order valence-electron chi connectivity index (χ4n) is 1.99. The topological polar surface area (TPSA) is 99.2 Å². The zero-order chi connectivity index (χ0) is 15.7. The van der Waals surface area contributed by atoms with E-state index in [1.807, 2.05) is 0 Å². The molecule has 1 rings (SSSR count). The number of hydrogen-bond donors (Lipinski definition) is 2. The number of ether oxygens (including phenoxy) is 1. The number of urea groups is 1. The number of carboxylic acid groups (broad SMARTS) is 1. The Morgan fingerprint density at radius 2 is 1.90 bits per heavy atom. The van der Waals surface area contributed by atoms with Crippen LogP contribution in [0.3, 0.4) is 0 Å². The van der Waals surface area contributed by atoms with Crippen molar-refractivity contribution in [2.45, 2.75) is 19.8 Å². The summed E-state index contributed by atoms with van der Waals surface area (Å²) in [6, 6.07) is -0.339. The Morgan fingerprint density at radius 3 is 2.48 bits per heavy atom. The van der Waals surface area contributed by atoms with E-state index in [0.29, 0.717) is 32.8 Å². The van der Waals surface area contributed by atoms with Crippen LogP contribution in [0.25, 0.3) is 0 Å². The van der Waals surface area contributed by atoms with Crippen LogP contribution >= 0.6 is 0 Å². The molecule has 0 aromatic heterocycles. The van der Waals surface area contributed by atoms with Crippen molar-refractivity contribution in [2.75, 3.05) is 45.9 Å². The summed E-state index contributed by atoms with van der Waals surface area (Å²) >= 11 is 0. The summed E-state index contributed by atoms with van der Waals surface area (Å²) in [6.07, 6.45) is 0.149. The van der Waals surface area contributed by atoms with E-state index >= 15 is 0 Å². The Bertz CT molecular complexity index is 369. The molecule has 0 spiro atoms. The molecule has 0 saturated carbocycles. The van der Waals surface area contributed by atoms with Gasteiger partial charge in [-0.05, 0) is 6.92 Å². The lowest BCUT2D eigenvalue weighted by Gasteiger charge is -2.27. The molecule has 0 aliphatic carbocycles. The van der Waals surface area contributed by atoms with Crippen molar-refractivity contribution in [3.05, 3.63) is 0 Å². The van der Waals surface area contributed by atoms with E-state index in [4.69, 9.17) is 9.84 Å². The number of nitrogens with zero attached hydrogens (tertiary/aromatic N) is 2. The molecule has 0 aromatic carbocycles. The second-order valence-electron chi connectivity index (χ2n) is 4.70. The van der Waals surface area contributed by atoms with Gasteiger partial charge in [-0.1, -0.05) is 0 Å². The molecule has 3 amide bonds. The predicted octanol–water partition coefficient (Wildman–Crippen LogP) is -0.258. The third-order valence-electron chi connectivity index (χ3n) is 3.24. The maximum atomic E-state index is 11.9. The monoisotopic (exact) mass is 301 g/mol. The third kappa shape index (κ3) is 6.44. The molecule has 0 aromatic rings. The lowest BCUT2D eigenvalue weighted by atomic mass is 10.3. The number of carboxylic acids is 1. The van der Waals surface area contributed by atoms with Crippen LogP contribution in [0.4, 0.5) is 4.79 Å². The average molecular weight is 301 g/mol. The molecule has 8 nitrogen and oxygen atoms in total. The molecule has 0 radical (unpaired) electrons. The van der Waals surface area contributed by atoms with Crippen LogP contribution in [0.5, 0.6) is 0 Å². The van der Waals surface area contributed by atoms with Crippen LogP contribution in [0.15, 0.2) is 0 Å². The van der Waals surface area contributed by atoms with Gasteiger partial charge in [-0.25, -0.2) is 4.79 Å². The summed E-state index contributed by atoms with van der Waals surface area (Å²) in [4.78, 5) is 37.3. The summed E-state index contributed by atoms with van der Waals surface area (Å²) in [5.41, 5.74) is 0. The maximum absolute atomic E-state index is 11.9. The highest BCUT2D eigenvalue weighted by Gasteiger charge is 2.17. The van der Waals surface area contributed by atoms with E-state index in [0.717, 1.165) is 0 Å². The molecule has 0 atom stereocenters. The maximum Gasteiger partial charge on any atom is 0.317 e. The lowest BCUT2D eigenvalue weighted by Crippen LogP contribution is -2.44. The van der Waals surface area contributed by atoms with Gasteiger partial charge >= 0.3 is 12.0 Å². The fourth-order valence-corrected chi connectivity index (χ4v) is 1.99. The van der Waals surface area contributed by atoms with Gasteiger partial charge in [-0.3, -0.25) is 9.59 Å². The van der Waals surface area contributed by atoms with Gasteiger partial charge in [0.2, 0.25) is 5.91 Å². The van der Waals surface area contributed by atoms with Crippen LogP contribution in [-0.4, -0.2) is 78.8 Å². The highest BCUT2D eigenvalue weighted by molar-refractivity contribution is 5.78. The van der Waals surface area contributed by atoms with Crippen molar-refractivity contribution in [2.24, 2.45) is 0 Å². The molecule has 0 bridgehead atoms. The van der Waals surface area contributed by atoms with E-state index in [-0.39, 0.29) is 37.9 Å². The largest absolute Gasteiger partial charge is 0.481 e. The number of morpholine rings is 1. The SMILES string of the molecule is CCN(CCC(=O)O)C(=O)NCCC(=O)N1CCOCC1. The quantitative estimate of drug-likeness (QED) is 0.675. The zero-order valence-corrected chi connectivity index (χ0v) is 12.3. The standard InChI is InChI=1S/C13H23N3O5/c1-2-15(6-4-12(18)19)13(20)14-5-3-11(17)16-7-9-21-10-8-16/h2-10H2,1H3,(H,14,20)(H,18,19). The summed E-state index contributed by atoms with van der Waals surface area (Å²) < 4.78 is 5.17. The average Bonchev–Trinajstić information content (AvgIpc) is 2.48. The molecule has 1 aliphatic rings. The first-order valence-corrected chi connectivity index (χ1v) is 7.14. The van der Waals surface area contributed by atoms with Crippen LogP contribution in [-0.2, 0) is 14.3 Å². The Labute approximate surface area is 124 Å². The van der Waals surface area contributed by atoms with Gasteiger partial charge in [0, 0.05) is 39.1 Å². The molecule has 2 N–H and O–H groups in total. The normalized spacial score (nSPS) is 14.6. The highest BCUT2D eigenvalue weighted by Crippen LogP contribution is 2.00. The van der Waals surface area contributed by atoms with E-state index < -0.39 is 5.97 Å². The van der Waals surface area contributed by atoms with Crippen molar-refractivity contribution in [3.8, 4) is 0 Å². The molecule has 1 aliphatic heterocycles. The van der Waals surface area contributed by atoms with Gasteiger partial charge in [-0.15, -0.1) is 0 Å². The van der Waals surface area contributed by atoms with E-state index in [9.17, 15) is 14.4 Å². The van der Waals surface area contributed by atoms with Crippen LogP contribution < -0.4 is 5.32 Å². The highest BCUT2D eigenvalue weighted by atomic mass is 16.5. The molecule has 1 fully saturated rings. The molecule has 1 saturated heterocycles. The van der Waals surface area contributed by atoms with Gasteiger partial charge < -0.3 is 25.0 Å². The number of carbonyl (C=O) groups is 3. The number of aliphatic carboxylic acids is 1. The Balaban J connectivity index is 2.24. The summed E-state index contributed by atoms with van der Waals surface area (Å²) in [5.74, 6) is -0.948. The van der Waals surface area contributed by atoms with Crippen molar-refractivity contribution in [1.82, 2.24) is 15.1 Å². The second kappa shape index (κ2) is 9.17. The first-order chi connectivity index (χ1) is 10.0. The van der Waals surface area contributed by atoms with Gasteiger partial charge in [0.05, 0.1) is 19.6 Å². The van der Waals surface area contributed by atoms with Crippen LogP contribution in [0.1, 0.15) is 19.8 Å². The number of amides is 3. The minimum atomic E-state index is -0.941. The molecule has 21 heavy (non-hydrogen) atoms. The summed E-state index contributed by atoms with van der Waals surface area (Å²) in [7, 11) is 0. The van der Waals surface area contributed by atoms with Crippen LogP contribution in [0.2, 0.25) is 0 Å². The lowest BCUT2D eigenvalue weighted by molar-refractivity contribution is -0.137. The van der Waals surface area contributed by atoms with Crippen molar-refractivity contribution >= 4 is 17.9 Å². The number of nitrogens with one attached hydrogen (secondary N) is 1. The number of rotatable bonds is 7. The Morgan fingerprint density at radius 1 is 1.24 bits per heavy atom. The molecular formula is C13H23N3O5. The van der Waals surface area contributed by atoms with Crippen LogP contribution in [0, 0.1) is 0 Å². The molecule has 0 unspecified atom stereocenters. The first-order valence-electron chi connectivity index (χ1n) is 7.14. The fraction of sp³-hybridized carbons (Fsp3) is 0.769. The van der Waals surface area contributed by atoms with E-state index in [1.165, 1.54) is 4.90 Å². The smallest absolute Gasteiger partial charge is 0.317 e.